The van der Waals surface area contributed by atoms with Crippen molar-refractivity contribution in [1.29, 1.82) is 0 Å². The Hall–Kier alpha value is -3.13. The molecule has 1 aliphatic heterocycles. The number of hydrogen-bond acceptors (Lipinski definition) is 6. The van der Waals surface area contributed by atoms with Gasteiger partial charge in [-0.05, 0) is 62.1 Å². The highest BCUT2D eigenvalue weighted by Gasteiger charge is 2.33. The minimum atomic E-state index is -0.920. The number of carbonyl (C=O) groups is 2. The van der Waals surface area contributed by atoms with Crippen LogP contribution >= 0.6 is 11.6 Å². The largest absolute Gasteiger partial charge is 0.493 e. The standard InChI is InChI=1S/C29H37ClN2O6/c1-19(2)38-24-13-11-21(15-25(24)35-3)28(29(34)31-22-8-6-4-5-7-9-22)32(27(33)16-30)17-20-10-12-23-26(14-20)37-18-36-23/h10-15,19,22,28H,4-9,16-18H2,1-3H3,(H,31,34)/t28-/m1/s1. The van der Waals surface area contributed by atoms with E-state index in [1.165, 1.54) is 17.7 Å². The van der Waals surface area contributed by atoms with Crippen LogP contribution in [0, 0.1) is 0 Å². The molecule has 1 atom stereocenters. The Balaban J connectivity index is 1.71. The zero-order chi connectivity index (χ0) is 27.1. The predicted molar refractivity (Wildman–Crippen MR) is 145 cm³/mol. The van der Waals surface area contributed by atoms with E-state index in [0.717, 1.165) is 31.2 Å². The number of carbonyl (C=O) groups excluding carboxylic acids is 2. The van der Waals surface area contributed by atoms with Crippen molar-refractivity contribution in [2.24, 2.45) is 0 Å². The molecule has 0 aromatic heterocycles. The number of methoxy groups -OCH3 is 1. The quantitative estimate of drug-likeness (QED) is 0.320. The minimum Gasteiger partial charge on any atom is -0.493 e. The summed E-state index contributed by atoms with van der Waals surface area (Å²) in [5.41, 5.74) is 1.41. The number of halogens is 1. The maximum Gasteiger partial charge on any atom is 0.247 e. The molecule has 1 aliphatic carbocycles. The Morgan fingerprint density at radius 3 is 2.45 bits per heavy atom. The molecule has 2 aromatic carbocycles. The van der Waals surface area contributed by atoms with Crippen molar-refractivity contribution in [2.45, 2.75) is 77.1 Å². The van der Waals surface area contributed by atoms with Crippen molar-refractivity contribution < 1.29 is 28.5 Å². The Morgan fingerprint density at radius 1 is 1.03 bits per heavy atom. The number of fused-ring (bicyclic) bond motifs is 1. The third-order valence-corrected chi connectivity index (χ3v) is 7.08. The number of benzene rings is 2. The van der Waals surface area contributed by atoms with Crippen LogP contribution in [0.15, 0.2) is 36.4 Å². The average Bonchev–Trinajstić information content (AvgIpc) is 3.23. The number of ether oxygens (including phenoxy) is 4. The van der Waals surface area contributed by atoms with Crippen molar-refractivity contribution in [3.05, 3.63) is 47.5 Å². The molecule has 2 aliphatic rings. The van der Waals surface area contributed by atoms with Gasteiger partial charge in [0.05, 0.1) is 13.2 Å². The van der Waals surface area contributed by atoms with Crippen molar-refractivity contribution in [2.75, 3.05) is 19.8 Å². The molecule has 206 valence electrons. The zero-order valence-corrected chi connectivity index (χ0v) is 23.1. The normalized spacial score (nSPS) is 16.0. The number of nitrogens with one attached hydrogen (secondary N) is 1. The van der Waals surface area contributed by atoms with Crippen molar-refractivity contribution in [3.63, 3.8) is 0 Å². The van der Waals surface area contributed by atoms with Crippen LogP contribution in [0.4, 0.5) is 0 Å². The minimum absolute atomic E-state index is 0.0515. The maximum absolute atomic E-state index is 14.0. The van der Waals surface area contributed by atoms with Crippen LogP contribution in [-0.2, 0) is 16.1 Å². The van der Waals surface area contributed by atoms with E-state index in [1.54, 1.807) is 19.2 Å². The van der Waals surface area contributed by atoms with Crippen LogP contribution in [0.3, 0.4) is 0 Å². The Labute approximate surface area is 229 Å². The van der Waals surface area contributed by atoms with Crippen molar-refractivity contribution in [1.82, 2.24) is 10.2 Å². The molecule has 0 radical (unpaired) electrons. The summed E-state index contributed by atoms with van der Waals surface area (Å²) in [6.07, 6.45) is 6.29. The summed E-state index contributed by atoms with van der Waals surface area (Å²) in [4.78, 5) is 28.8. The highest BCUT2D eigenvalue weighted by atomic mass is 35.5. The van der Waals surface area contributed by atoms with Crippen LogP contribution < -0.4 is 24.3 Å². The summed E-state index contributed by atoms with van der Waals surface area (Å²) in [7, 11) is 1.56. The molecular formula is C29H37ClN2O6. The van der Waals surface area contributed by atoms with Gasteiger partial charge in [0.1, 0.15) is 11.9 Å². The monoisotopic (exact) mass is 544 g/mol. The first-order chi connectivity index (χ1) is 18.4. The fraction of sp³-hybridized carbons (Fsp3) is 0.517. The summed E-state index contributed by atoms with van der Waals surface area (Å²) in [6.45, 7) is 4.18. The van der Waals surface area contributed by atoms with Crippen molar-refractivity contribution in [3.8, 4) is 23.0 Å². The fourth-order valence-corrected chi connectivity index (χ4v) is 5.17. The second kappa shape index (κ2) is 13.1. The number of alkyl halides is 1. The molecule has 1 N–H and O–H groups in total. The third-order valence-electron chi connectivity index (χ3n) is 6.85. The molecule has 0 saturated heterocycles. The van der Waals surface area contributed by atoms with Crippen LogP contribution in [0.25, 0.3) is 0 Å². The molecule has 1 saturated carbocycles. The van der Waals surface area contributed by atoms with Gasteiger partial charge in [-0.3, -0.25) is 9.59 Å². The lowest BCUT2D eigenvalue weighted by atomic mass is 10.0. The van der Waals surface area contributed by atoms with Crippen molar-refractivity contribution >= 4 is 23.4 Å². The van der Waals surface area contributed by atoms with Gasteiger partial charge in [-0.15, -0.1) is 11.6 Å². The first kappa shape index (κ1) is 27.9. The highest BCUT2D eigenvalue weighted by Crippen LogP contribution is 2.36. The molecule has 0 unspecified atom stereocenters. The van der Waals surface area contributed by atoms with Gasteiger partial charge >= 0.3 is 0 Å². The summed E-state index contributed by atoms with van der Waals surface area (Å²) in [5, 5.41) is 3.24. The summed E-state index contributed by atoms with van der Waals surface area (Å²) < 4.78 is 22.4. The highest BCUT2D eigenvalue weighted by molar-refractivity contribution is 6.27. The second-order valence-electron chi connectivity index (χ2n) is 10.0. The molecule has 2 aromatic rings. The van der Waals surface area contributed by atoms with Gasteiger partial charge in [0.15, 0.2) is 23.0 Å². The van der Waals surface area contributed by atoms with Crippen LogP contribution in [-0.4, -0.2) is 48.6 Å². The SMILES string of the molecule is COc1cc([C@H](C(=O)NC2CCCCCC2)N(Cc2ccc3c(c2)OCO3)C(=O)CCl)ccc1OC(C)C. The Bertz CT molecular complexity index is 1120. The van der Waals surface area contributed by atoms with Gasteiger partial charge in [0.2, 0.25) is 18.6 Å². The zero-order valence-electron chi connectivity index (χ0n) is 22.3. The molecular weight excluding hydrogens is 508 g/mol. The number of amides is 2. The van der Waals surface area contributed by atoms with E-state index in [-0.39, 0.29) is 43.2 Å². The first-order valence-electron chi connectivity index (χ1n) is 13.3. The average molecular weight is 545 g/mol. The number of hydrogen-bond donors (Lipinski definition) is 1. The van der Waals surface area contributed by atoms with E-state index >= 15 is 0 Å². The van der Waals surface area contributed by atoms with E-state index in [0.29, 0.717) is 28.6 Å². The Morgan fingerprint density at radius 2 is 1.76 bits per heavy atom. The smallest absolute Gasteiger partial charge is 0.247 e. The molecule has 2 amide bonds. The van der Waals surface area contributed by atoms with Crippen LogP contribution in [0.2, 0.25) is 0 Å². The van der Waals surface area contributed by atoms with Crippen LogP contribution in [0.1, 0.15) is 69.5 Å². The summed E-state index contributed by atoms with van der Waals surface area (Å²) in [6, 6.07) is 10.0. The van der Waals surface area contributed by atoms with Crippen LogP contribution in [0.5, 0.6) is 23.0 Å². The molecule has 38 heavy (non-hydrogen) atoms. The van der Waals surface area contributed by atoms with Gasteiger partial charge < -0.3 is 29.2 Å². The van der Waals surface area contributed by atoms with Gasteiger partial charge in [0, 0.05) is 12.6 Å². The lowest BCUT2D eigenvalue weighted by molar-refractivity contribution is -0.140. The topological polar surface area (TPSA) is 86.3 Å². The van der Waals surface area contributed by atoms with Gasteiger partial charge in [-0.2, -0.15) is 0 Å². The van der Waals surface area contributed by atoms with E-state index in [2.05, 4.69) is 5.32 Å². The first-order valence-corrected chi connectivity index (χ1v) is 13.8. The lowest BCUT2D eigenvalue weighted by Crippen LogP contribution is -2.46. The summed E-state index contributed by atoms with van der Waals surface area (Å²) >= 11 is 6.09. The van der Waals surface area contributed by atoms with Gasteiger partial charge in [0.25, 0.3) is 0 Å². The molecule has 0 bridgehead atoms. The second-order valence-corrected chi connectivity index (χ2v) is 10.3. The molecule has 4 rings (SSSR count). The molecule has 9 heteroatoms. The Kier molecular flexibility index (Phi) is 9.61. The predicted octanol–water partition coefficient (Wildman–Crippen LogP) is 5.36. The van der Waals surface area contributed by atoms with E-state index < -0.39 is 6.04 Å². The lowest BCUT2D eigenvalue weighted by Gasteiger charge is -2.33. The molecule has 1 heterocycles. The van der Waals surface area contributed by atoms with E-state index in [4.69, 9.17) is 30.5 Å². The van der Waals surface area contributed by atoms with Gasteiger partial charge in [-0.25, -0.2) is 0 Å². The summed E-state index contributed by atoms with van der Waals surface area (Å²) in [5.74, 6) is 1.46. The fourth-order valence-electron chi connectivity index (χ4n) is 5.02. The molecule has 1 fully saturated rings. The number of rotatable bonds is 10. The van der Waals surface area contributed by atoms with Gasteiger partial charge in [-0.1, -0.05) is 37.8 Å². The maximum atomic E-state index is 14.0. The number of nitrogens with zero attached hydrogens (tertiary/aromatic N) is 1. The third kappa shape index (κ3) is 6.84. The molecule has 0 spiro atoms. The van der Waals surface area contributed by atoms with E-state index in [1.807, 2.05) is 38.1 Å². The molecule has 8 nitrogen and oxygen atoms in total. The van der Waals surface area contributed by atoms with E-state index in [9.17, 15) is 9.59 Å².